The van der Waals surface area contributed by atoms with Crippen LogP contribution < -0.4 is 0 Å². The summed E-state index contributed by atoms with van der Waals surface area (Å²) in [4.78, 5) is 14.0. The Labute approximate surface area is 123 Å². The van der Waals surface area contributed by atoms with Crippen molar-refractivity contribution in [2.45, 2.75) is 39.3 Å². The van der Waals surface area contributed by atoms with Gasteiger partial charge in [0.25, 0.3) is 0 Å². The molecule has 1 aliphatic heterocycles. The van der Waals surface area contributed by atoms with Crippen LogP contribution in [0.5, 0.6) is 0 Å². The van der Waals surface area contributed by atoms with Crippen molar-refractivity contribution in [2.75, 3.05) is 13.1 Å². The van der Waals surface area contributed by atoms with Crippen molar-refractivity contribution in [3.63, 3.8) is 0 Å². The van der Waals surface area contributed by atoms with Gasteiger partial charge in [0.2, 0.25) is 0 Å². The number of nitrogens with zero attached hydrogens (tertiary/aromatic N) is 1. The summed E-state index contributed by atoms with van der Waals surface area (Å²) in [6.45, 7) is 7.76. The molecule has 0 spiro atoms. The standard InChI is InChI=1S/C15H20BrNO2/c1-15(2,3)19-14(18)10-17-8-7-12-11(9-17)5-4-6-13(12)16/h4-6H,7-10H2,1-3H3. The van der Waals surface area contributed by atoms with E-state index in [1.807, 2.05) is 26.8 Å². The molecule has 3 nitrogen and oxygen atoms in total. The maximum absolute atomic E-state index is 11.8. The van der Waals surface area contributed by atoms with Crippen LogP contribution in [0.4, 0.5) is 0 Å². The van der Waals surface area contributed by atoms with Crippen molar-refractivity contribution >= 4 is 21.9 Å². The molecule has 104 valence electrons. The molecule has 0 atom stereocenters. The lowest BCUT2D eigenvalue weighted by Gasteiger charge is -2.29. The van der Waals surface area contributed by atoms with E-state index in [1.54, 1.807) is 0 Å². The molecule has 1 aromatic rings. The molecular formula is C15H20BrNO2. The first-order valence-electron chi connectivity index (χ1n) is 6.55. The van der Waals surface area contributed by atoms with Gasteiger partial charge in [-0.3, -0.25) is 9.69 Å². The predicted octanol–water partition coefficient (Wildman–Crippen LogP) is 3.15. The Bertz CT molecular complexity index is 480. The topological polar surface area (TPSA) is 29.5 Å². The SMILES string of the molecule is CC(C)(C)OC(=O)CN1CCc2c(Br)cccc2C1. The zero-order chi connectivity index (χ0) is 14.0. The fraction of sp³-hybridized carbons (Fsp3) is 0.533. The molecule has 1 aliphatic rings. The van der Waals surface area contributed by atoms with Crippen LogP contribution in [0, 0.1) is 0 Å². The van der Waals surface area contributed by atoms with Gasteiger partial charge < -0.3 is 4.74 Å². The summed E-state index contributed by atoms with van der Waals surface area (Å²) in [6.07, 6.45) is 0.972. The Kier molecular flexibility index (Phi) is 4.31. The fourth-order valence-electron chi connectivity index (χ4n) is 2.31. The summed E-state index contributed by atoms with van der Waals surface area (Å²) < 4.78 is 6.53. The maximum Gasteiger partial charge on any atom is 0.320 e. The van der Waals surface area contributed by atoms with Gasteiger partial charge in [-0.15, -0.1) is 0 Å². The van der Waals surface area contributed by atoms with Gasteiger partial charge in [0, 0.05) is 17.6 Å². The van der Waals surface area contributed by atoms with Crippen molar-refractivity contribution in [1.82, 2.24) is 4.90 Å². The zero-order valence-corrected chi connectivity index (χ0v) is 13.3. The van der Waals surface area contributed by atoms with Gasteiger partial charge in [-0.05, 0) is 44.4 Å². The first kappa shape index (κ1) is 14.5. The van der Waals surface area contributed by atoms with Gasteiger partial charge in [0.1, 0.15) is 5.60 Å². The lowest BCUT2D eigenvalue weighted by molar-refractivity contribution is -0.156. The molecule has 0 amide bonds. The van der Waals surface area contributed by atoms with Crippen LogP contribution in [-0.4, -0.2) is 29.6 Å². The molecule has 0 aliphatic carbocycles. The van der Waals surface area contributed by atoms with Crippen LogP contribution in [0.15, 0.2) is 22.7 Å². The molecule has 19 heavy (non-hydrogen) atoms. The van der Waals surface area contributed by atoms with Crippen molar-refractivity contribution < 1.29 is 9.53 Å². The minimum absolute atomic E-state index is 0.147. The number of fused-ring (bicyclic) bond motifs is 1. The zero-order valence-electron chi connectivity index (χ0n) is 11.7. The quantitative estimate of drug-likeness (QED) is 0.782. The van der Waals surface area contributed by atoms with Crippen LogP contribution in [0.2, 0.25) is 0 Å². The molecule has 0 radical (unpaired) electrons. The van der Waals surface area contributed by atoms with Crippen LogP contribution in [-0.2, 0) is 22.5 Å². The Balaban J connectivity index is 1.97. The summed E-state index contributed by atoms with van der Waals surface area (Å²) in [5.41, 5.74) is 2.25. The van der Waals surface area contributed by atoms with E-state index in [2.05, 4.69) is 33.0 Å². The van der Waals surface area contributed by atoms with Gasteiger partial charge >= 0.3 is 5.97 Å². The van der Waals surface area contributed by atoms with Crippen molar-refractivity contribution in [1.29, 1.82) is 0 Å². The highest BCUT2D eigenvalue weighted by atomic mass is 79.9. The summed E-state index contributed by atoms with van der Waals surface area (Å²) in [6, 6.07) is 6.24. The average Bonchev–Trinajstić information content (AvgIpc) is 2.26. The second-order valence-electron chi connectivity index (χ2n) is 5.92. The van der Waals surface area contributed by atoms with Crippen LogP contribution in [0.25, 0.3) is 0 Å². The van der Waals surface area contributed by atoms with E-state index in [0.717, 1.165) is 19.5 Å². The number of halogens is 1. The molecule has 0 N–H and O–H groups in total. The van der Waals surface area contributed by atoms with Gasteiger partial charge in [-0.2, -0.15) is 0 Å². The number of hydrogen-bond donors (Lipinski definition) is 0. The number of ether oxygens (including phenoxy) is 1. The molecule has 0 unspecified atom stereocenters. The highest BCUT2D eigenvalue weighted by molar-refractivity contribution is 9.10. The number of carbonyl (C=O) groups excluding carboxylic acids is 1. The van der Waals surface area contributed by atoms with E-state index >= 15 is 0 Å². The molecule has 2 rings (SSSR count). The molecule has 0 saturated heterocycles. The predicted molar refractivity (Wildman–Crippen MR) is 79.0 cm³/mol. The number of esters is 1. The minimum Gasteiger partial charge on any atom is -0.459 e. The number of benzene rings is 1. The maximum atomic E-state index is 11.8. The van der Waals surface area contributed by atoms with Crippen molar-refractivity contribution in [2.24, 2.45) is 0 Å². The lowest BCUT2D eigenvalue weighted by atomic mass is 10.00. The Morgan fingerprint density at radius 2 is 2.16 bits per heavy atom. The summed E-state index contributed by atoms with van der Waals surface area (Å²) >= 11 is 3.58. The highest BCUT2D eigenvalue weighted by Crippen LogP contribution is 2.26. The smallest absolute Gasteiger partial charge is 0.320 e. The van der Waals surface area contributed by atoms with E-state index in [0.29, 0.717) is 6.54 Å². The fourth-order valence-corrected chi connectivity index (χ4v) is 2.92. The van der Waals surface area contributed by atoms with Crippen LogP contribution in [0.1, 0.15) is 31.9 Å². The van der Waals surface area contributed by atoms with E-state index in [-0.39, 0.29) is 5.97 Å². The average molecular weight is 326 g/mol. The van der Waals surface area contributed by atoms with Gasteiger partial charge in [-0.25, -0.2) is 0 Å². The van der Waals surface area contributed by atoms with Gasteiger partial charge in [-0.1, -0.05) is 28.1 Å². The van der Waals surface area contributed by atoms with Crippen molar-refractivity contribution in [3.05, 3.63) is 33.8 Å². The second-order valence-corrected chi connectivity index (χ2v) is 6.78. The van der Waals surface area contributed by atoms with Crippen LogP contribution >= 0.6 is 15.9 Å². The Hall–Kier alpha value is -0.870. The first-order valence-corrected chi connectivity index (χ1v) is 7.35. The third-order valence-electron chi connectivity index (χ3n) is 3.06. The highest BCUT2D eigenvalue weighted by Gasteiger charge is 2.22. The summed E-state index contributed by atoms with van der Waals surface area (Å²) in [7, 11) is 0. The minimum atomic E-state index is -0.409. The molecule has 0 aromatic heterocycles. The normalized spacial score (nSPS) is 16.0. The lowest BCUT2D eigenvalue weighted by Crippen LogP contribution is -2.38. The third-order valence-corrected chi connectivity index (χ3v) is 3.80. The van der Waals surface area contributed by atoms with E-state index in [9.17, 15) is 4.79 Å². The van der Waals surface area contributed by atoms with Crippen LogP contribution in [0.3, 0.4) is 0 Å². The van der Waals surface area contributed by atoms with Gasteiger partial charge in [0.05, 0.1) is 6.54 Å². The molecule has 4 heteroatoms. The van der Waals surface area contributed by atoms with Gasteiger partial charge in [0.15, 0.2) is 0 Å². The molecule has 0 saturated carbocycles. The van der Waals surface area contributed by atoms with Crippen molar-refractivity contribution in [3.8, 4) is 0 Å². The molecular weight excluding hydrogens is 306 g/mol. The molecule has 1 heterocycles. The van der Waals surface area contributed by atoms with E-state index in [4.69, 9.17) is 4.74 Å². The second kappa shape index (κ2) is 5.63. The molecule has 0 fully saturated rings. The Morgan fingerprint density at radius 3 is 2.84 bits per heavy atom. The number of hydrogen-bond acceptors (Lipinski definition) is 3. The number of carbonyl (C=O) groups is 1. The van der Waals surface area contributed by atoms with E-state index < -0.39 is 5.60 Å². The Morgan fingerprint density at radius 1 is 1.42 bits per heavy atom. The largest absolute Gasteiger partial charge is 0.459 e. The summed E-state index contributed by atoms with van der Waals surface area (Å²) in [5.74, 6) is -0.147. The third kappa shape index (κ3) is 4.05. The molecule has 0 bridgehead atoms. The summed E-state index contributed by atoms with van der Waals surface area (Å²) in [5, 5.41) is 0. The number of rotatable bonds is 2. The first-order chi connectivity index (χ1) is 8.85. The monoisotopic (exact) mass is 325 g/mol. The molecule has 1 aromatic carbocycles. The van der Waals surface area contributed by atoms with E-state index in [1.165, 1.54) is 15.6 Å².